The smallest absolute Gasteiger partial charge is 0.416 e. The average molecular weight is 621 g/mol. The second kappa shape index (κ2) is 10.9. The van der Waals surface area contributed by atoms with Gasteiger partial charge in [0.05, 0.1) is 12.7 Å². The van der Waals surface area contributed by atoms with Gasteiger partial charge in [-0.2, -0.15) is 26.3 Å². The van der Waals surface area contributed by atoms with Gasteiger partial charge in [-0.3, -0.25) is 9.36 Å². The number of esters is 1. The number of nitrogens with zero attached hydrogens (tertiary/aromatic N) is 2. The number of carbonyl (C=O) groups excluding carboxylic acids is 1. The maximum atomic E-state index is 16.8. The number of methoxy groups -OCH3 is 1. The minimum atomic E-state index is -4.90. The lowest BCUT2D eigenvalue weighted by atomic mass is 9.90. The Balaban J connectivity index is 1.97. The Morgan fingerprint density at radius 1 is 0.953 bits per heavy atom. The maximum absolute atomic E-state index is 16.8. The molecule has 226 valence electrons. The van der Waals surface area contributed by atoms with E-state index in [4.69, 9.17) is 4.74 Å². The molecule has 7 nitrogen and oxygen atoms in total. The van der Waals surface area contributed by atoms with Crippen molar-refractivity contribution in [1.82, 2.24) is 8.87 Å². The topological polar surface area (TPSA) is 85.7 Å². The van der Waals surface area contributed by atoms with Gasteiger partial charge in [0.15, 0.2) is 5.03 Å². The molecule has 0 saturated carbocycles. The Bertz CT molecular complexity index is 1900. The van der Waals surface area contributed by atoms with Gasteiger partial charge in [0, 0.05) is 35.8 Å². The van der Waals surface area contributed by atoms with Gasteiger partial charge in [-0.1, -0.05) is 61.5 Å². The Morgan fingerprint density at radius 3 is 2.30 bits per heavy atom. The fourth-order valence-electron chi connectivity index (χ4n) is 5.44. The lowest BCUT2D eigenvalue weighted by molar-refractivity contribution is -0.145. The van der Waals surface area contributed by atoms with Gasteiger partial charge in [0.2, 0.25) is 0 Å². The molecule has 0 fully saturated rings. The number of pyridine rings is 1. The van der Waals surface area contributed by atoms with Crippen molar-refractivity contribution < 1.29 is 39.9 Å². The van der Waals surface area contributed by atoms with Gasteiger partial charge in [-0.25, -0.2) is 13.2 Å². The summed E-state index contributed by atoms with van der Waals surface area (Å²) in [6.07, 6.45) is -4.65. The molecule has 13 heteroatoms. The van der Waals surface area contributed by atoms with E-state index in [0.29, 0.717) is 28.2 Å². The van der Waals surface area contributed by atoms with Crippen molar-refractivity contribution in [1.29, 1.82) is 0 Å². The molecular weight excluding hydrogens is 595 g/mol. The van der Waals surface area contributed by atoms with Gasteiger partial charge in [-0.05, 0) is 34.9 Å². The molecule has 0 amide bonds. The maximum Gasteiger partial charge on any atom is 0.416 e. The first-order chi connectivity index (χ1) is 20.2. The van der Waals surface area contributed by atoms with Crippen LogP contribution in [-0.4, -0.2) is 43.5 Å². The lowest BCUT2D eigenvalue weighted by Crippen LogP contribution is -2.50. The minimum Gasteiger partial charge on any atom is -0.467 e. The van der Waals surface area contributed by atoms with E-state index >= 15 is 8.78 Å². The predicted molar refractivity (Wildman–Crippen MR) is 148 cm³/mol. The summed E-state index contributed by atoms with van der Waals surface area (Å²) >= 11 is 0. The average Bonchev–Trinajstić information content (AvgIpc) is 2.97. The van der Waals surface area contributed by atoms with Crippen molar-refractivity contribution in [3.63, 3.8) is 0 Å². The van der Waals surface area contributed by atoms with Crippen LogP contribution >= 0.6 is 0 Å². The van der Waals surface area contributed by atoms with Gasteiger partial charge in [0.1, 0.15) is 6.04 Å². The van der Waals surface area contributed by atoms with E-state index in [1.807, 2.05) is 0 Å². The molecule has 1 aromatic heterocycles. The zero-order valence-corrected chi connectivity index (χ0v) is 23.7. The van der Waals surface area contributed by atoms with Crippen LogP contribution in [0.3, 0.4) is 0 Å². The summed E-state index contributed by atoms with van der Waals surface area (Å²) in [6, 6.07) is 12.4. The predicted octanol–water partition coefficient (Wildman–Crippen LogP) is 5.96. The normalized spacial score (nSPS) is 17.0. The van der Waals surface area contributed by atoms with Crippen LogP contribution in [0.25, 0.3) is 21.9 Å². The standard InChI is InChI=1S/C30H25F5N2O5S/c1-3-14-36-17-24(28(39)42-2)37-25(38)16-23(29(31,32)22-13-7-9-18-8-4-5-12-21(18)22)26(27(37)43(36,40)41)19-10-6-11-20(15-19)30(33,34)35/h4-13,15-16,24H,3,14,17H2,1-2H3. The molecule has 0 bridgehead atoms. The number of ether oxygens (including phenoxy) is 1. The highest BCUT2D eigenvalue weighted by atomic mass is 32.2. The Hall–Kier alpha value is -4.10. The van der Waals surface area contributed by atoms with Crippen molar-refractivity contribution in [2.45, 2.75) is 36.5 Å². The van der Waals surface area contributed by atoms with E-state index < -0.39 is 79.1 Å². The first-order valence-corrected chi connectivity index (χ1v) is 14.6. The first-order valence-electron chi connectivity index (χ1n) is 13.1. The van der Waals surface area contributed by atoms with Crippen LogP contribution in [0.15, 0.2) is 82.6 Å². The molecule has 3 aromatic carbocycles. The Morgan fingerprint density at radius 2 is 1.63 bits per heavy atom. The molecule has 1 unspecified atom stereocenters. The van der Waals surface area contributed by atoms with Crippen molar-refractivity contribution in [3.05, 3.63) is 99.8 Å². The first kappa shape index (κ1) is 30.4. The van der Waals surface area contributed by atoms with Crippen LogP contribution in [0, 0.1) is 0 Å². The highest BCUT2D eigenvalue weighted by Gasteiger charge is 2.47. The van der Waals surface area contributed by atoms with E-state index in [2.05, 4.69) is 0 Å². The van der Waals surface area contributed by atoms with Crippen LogP contribution in [0.1, 0.15) is 36.1 Å². The lowest BCUT2D eigenvalue weighted by Gasteiger charge is -2.36. The van der Waals surface area contributed by atoms with Gasteiger partial charge in [-0.15, -0.1) is 0 Å². The number of hydrogen-bond donors (Lipinski definition) is 0. The number of hydrogen-bond acceptors (Lipinski definition) is 5. The van der Waals surface area contributed by atoms with Crippen LogP contribution in [0.4, 0.5) is 22.0 Å². The van der Waals surface area contributed by atoms with Gasteiger partial charge >= 0.3 is 12.1 Å². The van der Waals surface area contributed by atoms with E-state index in [0.717, 1.165) is 29.6 Å². The van der Waals surface area contributed by atoms with Crippen molar-refractivity contribution in [3.8, 4) is 11.1 Å². The third-order valence-electron chi connectivity index (χ3n) is 7.37. The highest BCUT2D eigenvalue weighted by Crippen LogP contribution is 2.47. The third-order valence-corrected chi connectivity index (χ3v) is 9.27. The molecule has 0 N–H and O–H groups in total. The third kappa shape index (κ3) is 5.10. The summed E-state index contributed by atoms with van der Waals surface area (Å²) in [5.41, 5.74) is -5.54. The van der Waals surface area contributed by atoms with Crippen molar-refractivity contribution >= 4 is 26.8 Å². The molecule has 0 radical (unpaired) electrons. The van der Waals surface area contributed by atoms with Crippen LogP contribution in [0.2, 0.25) is 0 Å². The molecule has 0 spiro atoms. The molecular formula is C30H25F5N2O5S. The number of fused-ring (bicyclic) bond motifs is 2. The summed E-state index contributed by atoms with van der Waals surface area (Å²) in [4.78, 5) is 26.4. The monoisotopic (exact) mass is 620 g/mol. The molecule has 1 aliphatic rings. The van der Waals surface area contributed by atoms with Crippen LogP contribution < -0.4 is 5.56 Å². The highest BCUT2D eigenvalue weighted by molar-refractivity contribution is 7.89. The summed E-state index contributed by atoms with van der Waals surface area (Å²) < 4.78 is 109. The molecule has 1 aliphatic heterocycles. The number of benzene rings is 3. The van der Waals surface area contributed by atoms with E-state index in [-0.39, 0.29) is 18.4 Å². The number of carbonyl (C=O) groups is 1. The summed E-state index contributed by atoms with van der Waals surface area (Å²) in [6.45, 7) is 0.954. The second-order valence-corrected chi connectivity index (χ2v) is 11.9. The minimum absolute atomic E-state index is 0.0886. The van der Waals surface area contributed by atoms with Crippen molar-refractivity contribution in [2.75, 3.05) is 20.2 Å². The molecule has 43 heavy (non-hydrogen) atoms. The fourth-order valence-corrected chi connectivity index (χ4v) is 7.40. The SMILES string of the molecule is CCCN1CC(C(=O)OC)n2c(c(-c3cccc(C(F)(F)F)c3)c(C(F)(F)c3cccc4ccccc34)cc2=O)S1(=O)=O. The largest absolute Gasteiger partial charge is 0.467 e. The van der Waals surface area contributed by atoms with Crippen molar-refractivity contribution in [2.24, 2.45) is 0 Å². The zero-order chi connectivity index (χ0) is 31.3. The summed E-state index contributed by atoms with van der Waals surface area (Å²) in [5.74, 6) is -5.11. The number of alkyl halides is 5. The summed E-state index contributed by atoms with van der Waals surface area (Å²) in [5, 5.41) is -0.502. The van der Waals surface area contributed by atoms with Crippen LogP contribution in [-0.2, 0) is 31.7 Å². The number of rotatable bonds is 6. The number of halogens is 5. The molecule has 4 aromatic rings. The molecule has 0 saturated heterocycles. The zero-order valence-electron chi connectivity index (χ0n) is 22.9. The molecule has 1 atom stereocenters. The van der Waals surface area contributed by atoms with Crippen LogP contribution in [0.5, 0.6) is 0 Å². The second-order valence-electron chi connectivity index (χ2n) is 10.0. The summed E-state index contributed by atoms with van der Waals surface area (Å²) in [7, 11) is -3.79. The number of sulfonamides is 1. The fraction of sp³-hybridized carbons (Fsp3) is 0.267. The molecule has 2 heterocycles. The van der Waals surface area contributed by atoms with E-state index in [9.17, 15) is 31.2 Å². The number of aromatic nitrogens is 1. The van der Waals surface area contributed by atoms with Gasteiger partial charge < -0.3 is 4.74 Å². The van der Waals surface area contributed by atoms with E-state index in [1.54, 1.807) is 25.1 Å². The Labute approximate surface area is 243 Å². The quantitative estimate of drug-likeness (QED) is 0.196. The Kier molecular flexibility index (Phi) is 7.68. The van der Waals surface area contributed by atoms with E-state index in [1.165, 1.54) is 18.2 Å². The molecule has 5 rings (SSSR count). The molecule has 0 aliphatic carbocycles. The van der Waals surface area contributed by atoms with Gasteiger partial charge in [0.25, 0.3) is 21.5 Å².